The van der Waals surface area contributed by atoms with Gasteiger partial charge in [0.15, 0.2) is 0 Å². The van der Waals surface area contributed by atoms with Crippen LogP contribution in [0.25, 0.3) is 0 Å². The molecule has 1 N–H and O–H groups in total. The first kappa shape index (κ1) is 37.1. The van der Waals surface area contributed by atoms with Crippen LogP contribution in [0.4, 0.5) is 0 Å². The molecule has 236 valence electrons. The van der Waals surface area contributed by atoms with Gasteiger partial charge >= 0.3 is 5.97 Å². The van der Waals surface area contributed by atoms with Gasteiger partial charge in [-0.2, -0.15) is 0 Å². The summed E-state index contributed by atoms with van der Waals surface area (Å²) < 4.78 is 10.6. The molecule has 0 aromatic heterocycles. The Morgan fingerprint density at radius 1 is 0.833 bits per heavy atom. The lowest BCUT2D eigenvalue weighted by Gasteiger charge is -2.33. The Bertz CT molecular complexity index is 997. The van der Waals surface area contributed by atoms with Crippen molar-refractivity contribution in [1.82, 2.24) is 5.32 Å². The Hall–Kier alpha value is -2.89. The van der Waals surface area contributed by atoms with Gasteiger partial charge < -0.3 is 19.6 Å². The molecule has 1 aromatic carbocycles. The number of rotatable bonds is 21. The smallest absolute Gasteiger partial charge is 0.336 e. The number of hydrogen-bond donors (Lipinski definition) is 1. The van der Waals surface area contributed by atoms with Crippen molar-refractivity contribution in [3.05, 3.63) is 57.4 Å². The number of aryl methyl sites for hydroxylation is 2. The Balaban J connectivity index is 0.00000431. The van der Waals surface area contributed by atoms with E-state index >= 15 is 0 Å². The van der Waals surface area contributed by atoms with Gasteiger partial charge in [-0.3, -0.25) is 4.79 Å². The van der Waals surface area contributed by atoms with Gasteiger partial charge in [-0.15, -0.1) is 0 Å². The predicted octanol–water partition coefficient (Wildman–Crippen LogP) is 8.80. The Morgan fingerprint density at radius 3 is 1.95 bits per heavy atom. The molecule has 1 aromatic rings. The molecular weight excluding hydrogens is 526 g/mol. The van der Waals surface area contributed by atoms with Crippen LogP contribution in [0.5, 0.6) is 0 Å². The van der Waals surface area contributed by atoms with Crippen molar-refractivity contribution in [3.63, 3.8) is 0 Å². The molecule has 0 radical (unpaired) electrons. The second-order valence-electron chi connectivity index (χ2n) is 11.3. The summed E-state index contributed by atoms with van der Waals surface area (Å²) in [5.74, 6) is -0.498. The number of carbonyl (C=O) groups is 3. The van der Waals surface area contributed by atoms with E-state index in [1.54, 1.807) is 0 Å². The Labute approximate surface area is 255 Å². The Kier molecular flexibility index (Phi) is 20.0. The molecule has 2 rings (SSSR count). The van der Waals surface area contributed by atoms with Gasteiger partial charge in [0, 0.05) is 23.7 Å². The van der Waals surface area contributed by atoms with Crippen LogP contribution in [-0.2, 0) is 30.3 Å². The lowest BCUT2D eigenvalue weighted by molar-refractivity contribution is -0.139. The molecule has 0 amide bonds. The predicted molar refractivity (Wildman–Crippen MR) is 172 cm³/mol. The molecule has 0 fully saturated rings. The normalized spacial score (nSPS) is 14.6. The molecule has 1 aliphatic heterocycles. The van der Waals surface area contributed by atoms with Gasteiger partial charge in [0.25, 0.3) is 6.47 Å². The average molecular weight is 584 g/mol. The van der Waals surface area contributed by atoms with Crippen LogP contribution < -0.4 is 5.32 Å². The van der Waals surface area contributed by atoms with Crippen LogP contribution in [0, 0.1) is 6.92 Å². The van der Waals surface area contributed by atoms with Crippen LogP contribution in [0.15, 0.2) is 40.7 Å². The molecule has 0 bridgehead atoms. The third kappa shape index (κ3) is 12.5. The van der Waals surface area contributed by atoms with E-state index in [0.717, 1.165) is 29.8 Å². The number of carbonyl (C=O) groups excluding carboxylic acids is 3. The minimum atomic E-state index is -0.283. The summed E-state index contributed by atoms with van der Waals surface area (Å²) in [6.07, 6.45) is 19.0. The van der Waals surface area contributed by atoms with Crippen LogP contribution in [0.3, 0.4) is 0 Å². The quantitative estimate of drug-likeness (QED) is 0.0885. The highest BCUT2D eigenvalue weighted by molar-refractivity contribution is 5.93. The van der Waals surface area contributed by atoms with E-state index in [9.17, 15) is 9.59 Å². The van der Waals surface area contributed by atoms with Crippen LogP contribution in [0.2, 0.25) is 0 Å². The zero-order valence-corrected chi connectivity index (χ0v) is 27.2. The molecule has 6 nitrogen and oxygen atoms in total. The largest absolute Gasteiger partial charge is 0.468 e. The fourth-order valence-corrected chi connectivity index (χ4v) is 6.09. The number of benzene rings is 1. The van der Waals surface area contributed by atoms with E-state index < -0.39 is 0 Å². The minimum Gasteiger partial charge on any atom is -0.468 e. The minimum absolute atomic E-state index is 0.214. The second kappa shape index (κ2) is 22.7. The third-order valence-corrected chi connectivity index (χ3v) is 8.20. The maximum Gasteiger partial charge on any atom is 0.336 e. The maximum absolute atomic E-state index is 13.3. The van der Waals surface area contributed by atoms with E-state index in [1.165, 1.54) is 93.7 Å². The molecule has 1 aliphatic rings. The van der Waals surface area contributed by atoms with E-state index in [4.69, 9.17) is 14.3 Å². The average Bonchev–Trinajstić information content (AvgIpc) is 2.98. The third-order valence-electron chi connectivity index (χ3n) is 8.20. The number of esters is 1. The van der Waals surface area contributed by atoms with Crippen LogP contribution in [-0.4, -0.2) is 32.4 Å². The summed E-state index contributed by atoms with van der Waals surface area (Å²) in [6, 6.07) is 6.49. The highest BCUT2D eigenvalue weighted by Crippen LogP contribution is 2.43. The van der Waals surface area contributed by atoms with Gasteiger partial charge in [-0.05, 0) is 62.8 Å². The van der Waals surface area contributed by atoms with Crippen LogP contribution >= 0.6 is 0 Å². The van der Waals surface area contributed by atoms with Gasteiger partial charge in [-0.1, -0.05) is 102 Å². The lowest BCUT2D eigenvalue weighted by atomic mass is 9.75. The molecular formula is C36H57NO5. The summed E-state index contributed by atoms with van der Waals surface area (Å²) >= 11 is 0. The molecule has 1 atom stereocenters. The molecule has 0 saturated carbocycles. The van der Waals surface area contributed by atoms with Crippen molar-refractivity contribution in [1.29, 1.82) is 0 Å². The molecule has 42 heavy (non-hydrogen) atoms. The lowest BCUT2D eigenvalue weighted by Crippen LogP contribution is -2.30. The fraction of sp³-hybridized carbons (Fsp3) is 0.639. The second-order valence-corrected chi connectivity index (χ2v) is 11.3. The summed E-state index contributed by atoms with van der Waals surface area (Å²) in [5, 5.41) is 3.39. The maximum atomic E-state index is 13.3. The number of unbranched alkanes of at least 4 members (excludes halogenated alkanes) is 12. The van der Waals surface area contributed by atoms with Crippen LogP contribution in [0.1, 0.15) is 140 Å². The van der Waals surface area contributed by atoms with E-state index in [-0.39, 0.29) is 18.5 Å². The summed E-state index contributed by atoms with van der Waals surface area (Å²) in [6.45, 7) is 13.3. The SMILES string of the molecule is C=O.CCCCCCCCCCCCCCCc1cccc(C)c1C1C(CCOC=O)=C(C)NC(C)=C1C(=O)OCC. The number of dihydropyridines is 1. The summed E-state index contributed by atoms with van der Waals surface area (Å²) in [7, 11) is 0. The zero-order chi connectivity index (χ0) is 31.2. The van der Waals surface area contributed by atoms with Gasteiger partial charge in [-0.25, -0.2) is 4.79 Å². The van der Waals surface area contributed by atoms with Crippen molar-refractivity contribution >= 4 is 19.2 Å². The molecule has 0 aliphatic carbocycles. The molecule has 0 saturated heterocycles. The molecule has 6 heteroatoms. The van der Waals surface area contributed by atoms with E-state index in [0.29, 0.717) is 25.1 Å². The van der Waals surface area contributed by atoms with Crippen molar-refractivity contribution in [3.8, 4) is 0 Å². The van der Waals surface area contributed by atoms with Crippen molar-refractivity contribution < 1.29 is 23.9 Å². The highest BCUT2D eigenvalue weighted by atomic mass is 16.5. The Morgan fingerprint density at radius 2 is 1.40 bits per heavy atom. The van der Waals surface area contributed by atoms with E-state index in [1.807, 2.05) is 27.6 Å². The number of hydrogen-bond acceptors (Lipinski definition) is 6. The van der Waals surface area contributed by atoms with Gasteiger partial charge in [0.1, 0.15) is 6.79 Å². The first-order chi connectivity index (χ1) is 20.5. The van der Waals surface area contributed by atoms with Gasteiger partial charge in [0.05, 0.1) is 18.8 Å². The standard InChI is InChI=1S/C35H55NO4.CH2O/c1-6-8-9-10-11-12-13-14-15-16-17-18-19-22-30-23-20-21-27(3)32(30)34-31(24-25-39-26-37)28(4)36-29(5)33(34)35(38)40-7-2;1-2/h20-21,23,26,34,36H,6-19,22,24-25H2,1-5H3;1H2. The number of allylic oxidation sites excluding steroid dienone is 2. The molecule has 1 heterocycles. The fourth-order valence-electron chi connectivity index (χ4n) is 6.09. The first-order valence-electron chi connectivity index (χ1n) is 16.2. The topological polar surface area (TPSA) is 81.7 Å². The van der Waals surface area contributed by atoms with Crippen molar-refractivity contribution in [2.45, 2.75) is 137 Å². The highest BCUT2D eigenvalue weighted by Gasteiger charge is 2.35. The van der Waals surface area contributed by atoms with Gasteiger partial charge in [0.2, 0.25) is 0 Å². The summed E-state index contributed by atoms with van der Waals surface area (Å²) in [5.41, 5.74) is 7.26. The monoisotopic (exact) mass is 583 g/mol. The number of ether oxygens (including phenoxy) is 2. The molecule has 1 unspecified atom stereocenters. The van der Waals surface area contributed by atoms with Crippen molar-refractivity contribution in [2.75, 3.05) is 13.2 Å². The first-order valence-corrected chi connectivity index (χ1v) is 16.2. The molecule has 0 spiro atoms. The summed E-state index contributed by atoms with van der Waals surface area (Å²) in [4.78, 5) is 32.1. The van der Waals surface area contributed by atoms with Crippen molar-refractivity contribution in [2.24, 2.45) is 0 Å². The zero-order valence-electron chi connectivity index (χ0n) is 27.2. The van der Waals surface area contributed by atoms with E-state index in [2.05, 4.69) is 37.4 Å². The number of nitrogens with one attached hydrogen (secondary N) is 1.